The van der Waals surface area contributed by atoms with Crippen LogP contribution in [0.2, 0.25) is 15.1 Å². The van der Waals surface area contributed by atoms with Crippen molar-refractivity contribution >= 4 is 58.0 Å². The monoisotopic (exact) mass is 478 g/mol. The van der Waals surface area contributed by atoms with Crippen molar-refractivity contribution < 1.29 is 19.1 Å². The fourth-order valence-corrected chi connectivity index (χ4v) is 3.17. The second-order valence-corrected chi connectivity index (χ2v) is 7.54. The highest BCUT2D eigenvalue weighted by Gasteiger charge is 2.10. The molecule has 0 saturated heterocycles. The Morgan fingerprint density at radius 3 is 2.29 bits per heavy atom. The summed E-state index contributed by atoms with van der Waals surface area (Å²) >= 11 is 18.0. The Labute approximate surface area is 194 Å². The molecule has 0 unspecified atom stereocenters. The Morgan fingerprint density at radius 1 is 0.871 bits per heavy atom. The van der Waals surface area contributed by atoms with Gasteiger partial charge in [0, 0.05) is 16.3 Å². The van der Waals surface area contributed by atoms with Crippen molar-refractivity contribution in [2.75, 3.05) is 24.4 Å². The fourth-order valence-electron chi connectivity index (χ4n) is 2.58. The van der Waals surface area contributed by atoms with Crippen molar-refractivity contribution in [2.45, 2.75) is 0 Å². The van der Waals surface area contributed by atoms with Crippen LogP contribution >= 0.6 is 34.8 Å². The molecule has 0 radical (unpaired) electrons. The first-order valence-corrected chi connectivity index (χ1v) is 10.1. The van der Waals surface area contributed by atoms with Gasteiger partial charge in [-0.25, -0.2) is 0 Å². The first kappa shape index (κ1) is 22.7. The van der Waals surface area contributed by atoms with E-state index >= 15 is 0 Å². The summed E-state index contributed by atoms with van der Waals surface area (Å²) in [6.45, 7) is -0.237. The zero-order valence-electron chi connectivity index (χ0n) is 16.2. The maximum Gasteiger partial charge on any atom is 0.262 e. The van der Waals surface area contributed by atoms with E-state index < -0.39 is 5.91 Å². The number of hydrogen-bond donors (Lipinski definition) is 2. The van der Waals surface area contributed by atoms with Crippen molar-refractivity contribution in [1.82, 2.24) is 0 Å². The van der Waals surface area contributed by atoms with E-state index in [0.717, 1.165) is 0 Å². The molecule has 9 heteroatoms. The molecule has 0 bridgehead atoms. The van der Waals surface area contributed by atoms with E-state index in [0.29, 0.717) is 43.5 Å². The number of rotatable bonds is 7. The van der Waals surface area contributed by atoms with Crippen LogP contribution in [-0.2, 0) is 4.79 Å². The Morgan fingerprint density at radius 2 is 1.61 bits per heavy atom. The summed E-state index contributed by atoms with van der Waals surface area (Å²) in [4.78, 5) is 24.5. The fraction of sp³-hybridized carbons (Fsp3) is 0.0909. The Balaban J connectivity index is 1.54. The van der Waals surface area contributed by atoms with Gasteiger partial charge in [-0.3, -0.25) is 9.59 Å². The first-order valence-electron chi connectivity index (χ1n) is 8.98. The molecule has 3 aromatic rings. The van der Waals surface area contributed by atoms with Crippen LogP contribution in [0.5, 0.6) is 11.5 Å². The third-order valence-electron chi connectivity index (χ3n) is 4.10. The predicted octanol–water partition coefficient (Wildman–Crippen LogP) is 5.93. The lowest BCUT2D eigenvalue weighted by molar-refractivity contribution is -0.118. The molecule has 3 aromatic carbocycles. The van der Waals surface area contributed by atoms with E-state index in [2.05, 4.69) is 10.6 Å². The normalized spacial score (nSPS) is 10.3. The van der Waals surface area contributed by atoms with Gasteiger partial charge in [0.15, 0.2) is 6.61 Å². The highest BCUT2D eigenvalue weighted by Crippen LogP contribution is 2.28. The molecular weight excluding hydrogens is 463 g/mol. The molecule has 0 aromatic heterocycles. The molecule has 2 amide bonds. The molecule has 0 atom stereocenters. The van der Waals surface area contributed by atoms with Crippen molar-refractivity contribution in [3.8, 4) is 11.5 Å². The first-order chi connectivity index (χ1) is 14.9. The molecule has 0 saturated carbocycles. The van der Waals surface area contributed by atoms with Crippen LogP contribution in [0.3, 0.4) is 0 Å². The molecular formula is C22H17Cl3N2O4. The van der Waals surface area contributed by atoms with Crippen LogP contribution in [0.1, 0.15) is 10.4 Å². The molecule has 6 nitrogen and oxygen atoms in total. The summed E-state index contributed by atoms with van der Waals surface area (Å²) in [6, 6.07) is 16.1. The number of ether oxygens (including phenoxy) is 2. The Bertz CT molecular complexity index is 1100. The number of hydrogen-bond acceptors (Lipinski definition) is 4. The number of carbonyl (C=O) groups excluding carboxylic acids is 2. The molecule has 31 heavy (non-hydrogen) atoms. The van der Waals surface area contributed by atoms with Gasteiger partial charge in [-0.1, -0.05) is 34.8 Å². The predicted molar refractivity (Wildman–Crippen MR) is 123 cm³/mol. The molecule has 0 fully saturated rings. The van der Waals surface area contributed by atoms with E-state index in [9.17, 15) is 9.59 Å². The smallest absolute Gasteiger partial charge is 0.262 e. The van der Waals surface area contributed by atoms with Crippen LogP contribution in [0.4, 0.5) is 11.4 Å². The average molecular weight is 480 g/mol. The molecule has 160 valence electrons. The lowest BCUT2D eigenvalue weighted by atomic mass is 10.2. The van der Waals surface area contributed by atoms with Gasteiger partial charge in [0.2, 0.25) is 0 Å². The van der Waals surface area contributed by atoms with Crippen molar-refractivity contribution in [3.63, 3.8) is 0 Å². The third kappa shape index (κ3) is 6.28. The molecule has 0 aliphatic carbocycles. The number of anilines is 2. The quantitative estimate of drug-likeness (QED) is 0.441. The number of methoxy groups -OCH3 is 1. The van der Waals surface area contributed by atoms with Crippen LogP contribution in [0.15, 0.2) is 60.7 Å². The summed E-state index contributed by atoms with van der Waals surface area (Å²) in [6.07, 6.45) is 0. The number of benzene rings is 3. The average Bonchev–Trinajstić information content (AvgIpc) is 2.75. The zero-order chi connectivity index (χ0) is 22.4. The Hall–Kier alpha value is -2.93. The van der Waals surface area contributed by atoms with Crippen molar-refractivity contribution in [1.29, 1.82) is 0 Å². The van der Waals surface area contributed by atoms with Gasteiger partial charge in [0.05, 0.1) is 22.8 Å². The highest BCUT2D eigenvalue weighted by atomic mass is 35.5. The van der Waals surface area contributed by atoms with E-state index in [-0.39, 0.29) is 12.5 Å². The van der Waals surface area contributed by atoms with Gasteiger partial charge >= 0.3 is 0 Å². The largest absolute Gasteiger partial charge is 0.495 e. The summed E-state index contributed by atoms with van der Waals surface area (Å²) in [5.74, 6) is 0.225. The molecule has 2 N–H and O–H groups in total. The second kappa shape index (κ2) is 10.4. The second-order valence-electron chi connectivity index (χ2n) is 6.29. The summed E-state index contributed by atoms with van der Waals surface area (Å²) in [5, 5.41) is 6.58. The molecule has 0 aliphatic rings. The maximum absolute atomic E-state index is 12.4. The van der Waals surface area contributed by atoms with Crippen molar-refractivity contribution in [2.24, 2.45) is 0 Å². The number of halogens is 3. The number of carbonyl (C=O) groups is 2. The van der Waals surface area contributed by atoms with Crippen LogP contribution in [-0.4, -0.2) is 25.5 Å². The van der Waals surface area contributed by atoms with Gasteiger partial charge in [0.25, 0.3) is 11.8 Å². The minimum absolute atomic E-state index is 0.237. The van der Waals surface area contributed by atoms with Crippen LogP contribution in [0.25, 0.3) is 0 Å². The van der Waals surface area contributed by atoms with Crippen LogP contribution < -0.4 is 20.1 Å². The summed E-state index contributed by atoms with van der Waals surface area (Å²) < 4.78 is 10.5. The SMILES string of the molecule is COc1ccc(NC(=O)c2ccc(OCC(=O)Nc3cc(Cl)ccc3Cl)cc2)cc1Cl. The minimum atomic E-state index is -0.401. The van der Waals surface area contributed by atoms with Crippen molar-refractivity contribution in [3.05, 3.63) is 81.3 Å². The molecule has 0 spiro atoms. The van der Waals surface area contributed by atoms with Gasteiger partial charge in [-0.15, -0.1) is 0 Å². The Kier molecular flexibility index (Phi) is 7.63. The van der Waals surface area contributed by atoms with Gasteiger partial charge in [-0.05, 0) is 60.7 Å². The van der Waals surface area contributed by atoms with Gasteiger partial charge in [0.1, 0.15) is 11.5 Å². The molecule has 0 aliphatic heterocycles. The standard InChI is InChI=1S/C22H17Cl3N2O4/c1-30-20-9-5-15(11-18(20)25)26-22(29)13-2-6-16(7-3-13)31-12-21(28)27-19-10-14(23)4-8-17(19)24/h2-11H,12H2,1H3,(H,26,29)(H,27,28). The lowest BCUT2D eigenvalue weighted by Gasteiger charge is -2.10. The molecule has 0 heterocycles. The molecule has 3 rings (SSSR count). The van der Waals surface area contributed by atoms with E-state index in [1.54, 1.807) is 60.7 Å². The summed E-state index contributed by atoms with van der Waals surface area (Å²) in [7, 11) is 1.51. The summed E-state index contributed by atoms with van der Waals surface area (Å²) in [5.41, 5.74) is 1.34. The maximum atomic E-state index is 12.4. The highest BCUT2D eigenvalue weighted by molar-refractivity contribution is 6.35. The van der Waals surface area contributed by atoms with Gasteiger partial charge in [-0.2, -0.15) is 0 Å². The van der Waals surface area contributed by atoms with E-state index in [1.807, 2.05) is 0 Å². The van der Waals surface area contributed by atoms with Crippen LogP contribution in [0, 0.1) is 0 Å². The minimum Gasteiger partial charge on any atom is -0.495 e. The number of nitrogens with one attached hydrogen (secondary N) is 2. The number of amides is 2. The third-order valence-corrected chi connectivity index (χ3v) is 4.96. The van der Waals surface area contributed by atoms with Gasteiger partial charge < -0.3 is 20.1 Å². The van der Waals surface area contributed by atoms with E-state index in [1.165, 1.54) is 7.11 Å². The zero-order valence-corrected chi connectivity index (χ0v) is 18.5. The van der Waals surface area contributed by atoms with E-state index in [4.69, 9.17) is 44.3 Å². The lowest BCUT2D eigenvalue weighted by Crippen LogP contribution is -2.20. The topological polar surface area (TPSA) is 76.7 Å².